The quantitative estimate of drug-likeness (QED) is 0.286. The predicted molar refractivity (Wildman–Crippen MR) is 101 cm³/mol. The standard InChI is InChI=1S/C21H22S/c1-15(2)13-19(21-16(3)9-8-10-17(21)4)14-20(22)18-11-6-5-7-12-18/h5-14H,1-4H3/b19-14+. The van der Waals surface area contributed by atoms with E-state index in [1.54, 1.807) is 0 Å². The van der Waals surface area contributed by atoms with E-state index in [2.05, 4.69) is 70.2 Å². The molecule has 0 N–H and O–H groups in total. The van der Waals surface area contributed by atoms with Crippen molar-refractivity contribution in [1.82, 2.24) is 0 Å². The second-order valence-electron chi connectivity index (χ2n) is 5.82. The summed E-state index contributed by atoms with van der Waals surface area (Å²) < 4.78 is 0. The highest BCUT2D eigenvalue weighted by atomic mass is 32.1. The van der Waals surface area contributed by atoms with Gasteiger partial charge >= 0.3 is 0 Å². The normalized spacial score (nSPS) is 11.2. The molecule has 2 aromatic rings. The first-order chi connectivity index (χ1) is 10.5. The number of hydrogen-bond donors (Lipinski definition) is 0. The number of hydrogen-bond acceptors (Lipinski definition) is 1. The Morgan fingerprint density at radius 2 is 1.41 bits per heavy atom. The van der Waals surface area contributed by atoms with E-state index < -0.39 is 0 Å². The summed E-state index contributed by atoms with van der Waals surface area (Å²) in [6.07, 6.45) is 4.33. The maximum absolute atomic E-state index is 5.63. The Bertz CT molecular complexity index is 710. The van der Waals surface area contributed by atoms with Crippen molar-refractivity contribution in [2.75, 3.05) is 0 Å². The van der Waals surface area contributed by atoms with E-state index in [0.29, 0.717) is 0 Å². The molecule has 112 valence electrons. The van der Waals surface area contributed by atoms with Gasteiger partial charge in [-0.1, -0.05) is 72.4 Å². The Labute approximate surface area is 139 Å². The molecule has 1 heteroatoms. The number of thiocarbonyl (C=S) groups is 1. The van der Waals surface area contributed by atoms with E-state index in [0.717, 1.165) is 10.4 Å². The third-order valence-electron chi connectivity index (χ3n) is 3.56. The van der Waals surface area contributed by atoms with Crippen molar-refractivity contribution in [1.29, 1.82) is 0 Å². The molecule has 0 fully saturated rings. The summed E-state index contributed by atoms with van der Waals surface area (Å²) in [5.74, 6) is 0. The second kappa shape index (κ2) is 7.33. The van der Waals surface area contributed by atoms with Crippen LogP contribution >= 0.6 is 12.2 Å². The summed E-state index contributed by atoms with van der Waals surface area (Å²) in [5.41, 5.74) is 7.37. The van der Waals surface area contributed by atoms with Gasteiger partial charge in [-0.05, 0) is 61.6 Å². The molecular formula is C21H22S. The lowest BCUT2D eigenvalue weighted by Gasteiger charge is -2.12. The lowest BCUT2D eigenvalue weighted by molar-refractivity contribution is 1.33. The molecule has 0 saturated heterocycles. The first-order valence-corrected chi connectivity index (χ1v) is 7.92. The summed E-state index contributed by atoms with van der Waals surface area (Å²) in [6.45, 7) is 8.54. The van der Waals surface area contributed by atoms with Crippen LogP contribution < -0.4 is 0 Å². The van der Waals surface area contributed by atoms with Crippen molar-refractivity contribution in [2.45, 2.75) is 27.7 Å². The topological polar surface area (TPSA) is 0 Å². The van der Waals surface area contributed by atoms with Crippen LogP contribution in [0.1, 0.15) is 36.1 Å². The molecule has 0 heterocycles. The minimum Gasteiger partial charge on any atom is -0.0794 e. The molecule has 0 aliphatic rings. The highest BCUT2D eigenvalue weighted by molar-refractivity contribution is 7.81. The van der Waals surface area contributed by atoms with Crippen molar-refractivity contribution in [3.8, 4) is 0 Å². The van der Waals surface area contributed by atoms with E-state index in [1.165, 1.54) is 27.8 Å². The van der Waals surface area contributed by atoms with E-state index in [1.807, 2.05) is 18.2 Å². The van der Waals surface area contributed by atoms with Gasteiger partial charge in [0.05, 0.1) is 0 Å². The van der Waals surface area contributed by atoms with Gasteiger partial charge in [-0.3, -0.25) is 0 Å². The Balaban J connectivity index is 2.54. The molecule has 0 atom stereocenters. The molecule has 0 saturated carbocycles. The molecule has 0 aromatic heterocycles. The maximum Gasteiger partial charge on any atom is 0.0455 e. The van der Waals surface area contributed by atoms with E-state index in [9.17, 15) is 0 Å². The average molecular weight is 306 g/mol. The van der Waals surface area contributed by atoms with Crippen molar-refractivity contribution in [2.24, 2.45) is 0 Å². The van der Waals surface area contributed by atoms with Gasteiger partial charge in [-0.2, -0.15) is 0 Å². The van der Waals surface area contributed by atoms with Crippen LogP contribution in [0, 0.1) is 13.8 Å². The van der Waals surface area contributed by atoms with Gasteiger partial charge < -0.3 is 0 Å². The molecule has 0 amide bonds. The van der Waals surface area contributed by atoms with Gasteiger partial charge in [0.15, 0.2) is 0 Å². The fraction of sp³-hybridized carbons (Fsp3) is 0.190. The van der Waals surface area contributed by atoms with Gasteiger partial charge in [0, 0.05) is 4.86 Å². The average Bonchev–Trinajstić information content (AvgIpc) is 2.47. The molecule has 0 radical (unpaired) electrons. The number of rotatable bonds is 4. The Hall–Kier alpha value is -1.99. The molecule has 0 nitrogen and oxygen atoms in total. The largest absolute Gasteiger partial charge is 0.0794 e. The van der Waals surface area contributed by atoms with E-state index in [4.69, 9.17) is 12.2 Å². The van der Waals surface area contributed by atoms with Crippen LogP contribution in [0.25, 0.3) is 5.57 Å². The monoisotopic (exact) mass is 306 g/mol. The second-order valence-corrected chi connectivity index (χ2v) is 6.26. The molecule has 2 rings (SSSR count). The zero-order chi connectivity index (χ0) is 16.1. The minimum atomic E-state index is 0.871. The number of aryl methyl sites for hydroxylation is 2. The smallest absolute Gasteiger partial charge is 0.0455 e. The van der Waals surface area contributed by atoms with Crippen LogP contribution in [0.15, 0.2) is 66.3 Å². The highest BCUT2D eigenvalue weighted by Crippen LogP contribution is 2.26. The minimum absolute atomic E-state index is 0.871. The van der Waals surface area contributed by atoms with E-state index >= 15 is 0 Å². The lowest BCUT2D eigenvalue weighted by atomic mass is 9.93. The first-order valence-electron chi connectivity index (χ1n) is 7.51. The zero-order valence-electron chi connectivity index (χ0n) is 13.7. The first kappa shape index (κ1) is 16.4. The van der Waals surface area contributed by atoms with E-state index in [-0.39, 0.29) is 0 Å². The summed E-state index contributed by atoms with van der Waals surface area (Å²) in [4.78, 5) is 0.871. The third-order valence-corrected chi connectivity index (χ3v) is 3.91. The molecule has 0 unspecified atom stereocenters. The molecule has 22 heavy (non-hydrogen) atoms. The predicted octanol–water partition coefficient (Wildman–Crippen LogP) is 6.07. The summed E-state index contributed by atoms with van der Waals surface area (Å²) in [5, 5.41) is 0. The van der Waals surface area contributed by atoms with Gasteiger partial charge in [0.1, 0.15) is 0 Å². The van der Waals surface area contributed by atoms with Gasteiger partial charge in [-0.15, -0.1) is 0 Å². The zero-order valence-corrected chi connectivity index (χ0v) is 14.5. The highest BCUT2D eigenvalue weighted by Gasteiger charge is 2.08. The van der Waals surface area contributed by atoms with Crippen LogP contribution in [0.5, 0.6) is 0 Å². The van der Waals surface area contributed by atoms with Crippen molar-refractivity contribution < 1.29 is 0 Å². The van der Waals surface area contributed by atoms with Crippen LogP contribution in [-0.4, -0.2) is 4.86 Å². The molecule has 0 bridgehead atoms. The van der Waals surface area contributed by atoms with Crippen LogP contribution in [0.3, 0.4) is 0 Å². The van der Waals surface area contributed by atoms with Crippen LogP contribution in [0.4, 0.5) is 0 Å². The van der Waals surface area contributed by atoms with Gasteiger partial charge in [0.2, 0.25) is 0 Å². The Morgan fingerprint density at radius 1 is 0.818 bits per heavy atom. The maximum atomic E-state index is 5.63. The molecule has 0 aliphatic carbocycles. The van der Waals surface area contributed by atoms with Crippen LogP contribution in [-0.2, 0) is 0 Å². The van der Waals surface area contributed by atoms with Gasteiger partial charge in [0.25, 0.3) is 0 Å². The van der Waals surface area contributed by atoms with Crippen molar-refractivity contribution in [3.05, 3.63) is 88.5 Å². The summed E-state index contributed by atoms with van der Waals surface area (Å²) >= 11 is 5.63. The SMILES string of the molecule is CC(C)=C/C(=C\C(=S)c1ccccc1)c1c(C)cccc1C. The Kier molecular flexibility index (Phi) is 5.46. The molecular weight excluding hydrogens is 284 g/mol. The Morgan fingerprint density at radius 3 is 1.95 bits per heavy atom. The fourth-order valence-corrected chi connectivity index (χ4v) is 2.86. The molecule has 0 aliphatic heterocycles. The molecule has 0 spiro atoms. The fourth-order valence-electron chi connectivity index (χ4n) is 2.59. The number of benzene rings is 2. The van der Waals surface area contributed by atoms with Crippen molar-refractivity contribution in [3.63, 3.8) is 0 Å². The number of allylic oxidation sites excluding steroid dienone is 4. The summed E-state index contributed by atoms with van der Waals surface area (Å²) in [6, 6.07) is 16.6. The van der Waals surface area contributed by atoms with Gasteiger partial charge in [-0.25, -0.2) is 0 Å². The lowest BCUT2D eigenvalue weighted by Crippen LogP contribution is -1.97. The van der Waals surface area contributed by atoms with Crippen LogP contribution in [0.2, 0.25) is 0 Å². The third kappa shape index (κ3) is 4.02. The molecule has 2 aromatic carbocycles. The summed E-state index contributed by atoms with van der Waals surface area (Å²) in [7, 11) is 0. The van der Waals surface area contributed by atoms with Crippen molar-refractivity contribution >= 4 is 22.7 Å².